The molecule has 0 spiro atoms. The zero-order chi connectivity index (χ0) is 24.5. The molecule has 1 heterocycles. The van der Waals surface area contributed by atoms with Gasteiger partial charge in [-0.15, -0.1) is 0 Å². The van der Waals surface area contributed by atoms with Gasteiger partial charge >= 0.3 is 0 Å². The van der Waals surface area contributed by atoms with E-state index < -0.39 is 0 Å². The molecule has 1 fully saturated rings. The van der Waals surface area contributed by atoms with Gasteiger partial charge in [0, 0.05) is 29.6 Å². The van der Waals surface area contributed by atoms with Gasteiger partial charge in [0.05, 0.1) is 18.7 Å². The Bertz CT molecular complexity index is 1110. The Labute approximate surface area is 205 Å². The van der Waals surface area contributed by atoms with Crippen molar-refractivity contribution in [1.29, 1.82) is 0 Å². The number of nitrogens with one attached hydrogen (secondary N) is 3. The predicted octanol–water partition coefficient (Wildman–Crippen LogP) is 4.79. The summed E-state index contributed by atoms with van der Waals surface area (Å²) in [5.41, 5.74) is 2.99. The van der Waals surface area contributed by atoms with Crippen molar-refractivity contribution in [3.8, 4) is 5.75 Å². The van der Waals surface area contributed by atoms with Crippen LogP contribution in [0.5, 0.6) is 5.75 Å². The van der Waals surface area contributed by atoms with E-state index in [-0.39, 0.29) is 30.5 Å². The van der Waals surface area contributed by atoms with Gasteiger partial charge in [0.15, 0.2) is 0 Å². The molecule has 2 amide bonds. The molecule has 7 nitrogen and oxygen atoms in total. The smallest absolute Gasteiger partial charge is 0.251 e. The molecule has 0 aliphatic carbocycles. The van der Waals surface area contributed by atoms with Crippen LogP contribution in [0.1, 0.15) is 41.7 Å². The molecule has 0 radical (unpaired) electrons. The van der Waals surface area contributed by atoms with Gasteiger partial charge in [-0.25, -0.2) is 0 Å². The molecule has 3 aromatic carbocycles. The third-order valence-electron chi connectivity index (χ3n) is 5.83. The van der Waals surface area contributed by atoms with Gasteiger partial charge in [0.2, 0.25) is 5.91 Å². The lowest BCUT2D eigenvalue weighted by Crippen LogP contribution is -2.26. The highest BCUT2D eigenvalue weighted by Gasteiger charge is 2.16. The highest BCUT2D eigenvalue weighted by Crippen LogP contribution is 2.20. The van der Waals surface area contributed by atoms with Gasteiger partial charge in [-0.2, -0.15) is 0 Å². The number of carbonyl (C=O) groups is 2. The molecule has 0 bridgehead atoms. The normalized spacial score (nSPS) is 15.7. The van der Waals surface area contributed by atoms with Crippen LogP contribution < -0.4 is 20.7 Å². The average molecular weight is 474 g/mol. The first kappa shape index (κ1) is 24.3. The molecule has 35 heavy (non-hydrogen) atoms. The fourth-order valence-electron chi connectivity index (χ4n) is 3.86. The summed E-state index contributed by atoms with van der Waals surface area (Å²) in [6.07, 6.45) is 2.26. The molecule has 1 aliphatic rings. The van der Waals surface area contributed by atoms with Crippen LogP contribution in [0.25, 0.3) is 0 Å². The maximum Gasteiger partial charge on any atom is 0.251 e. The fraction of sp³-hybridized carbons (Fsp3) is 0.286. The van der Waals surface area contributed by atoms with Crippen LogP contribution >= 0.6 is 0 Å². The minimum atomic E-state index is -0.189. The van der Waals surface area contributed by atoms with Gasteiger partial charge in [-0.1, -0.05) is 36.4 Å². The van der Waals surface area contributed by atoms with Crippen LogP contribution in [0.4, 0.5) is 11.4 Å². The van der Waals surface area contributed by atoms with Gasteiger partial charge in [0.1, 0.15) is 12.4 Å². The Morgan fingerprint density at radius 3 is 2.54 bits per heavy atom. The molecular weight excluding hydrogens is 442 g/mol. The monoisotopic (exact) mass is 473 g/mol. The first-order valence-electron chi connectivity index (χ1n) is 11.9. The molecule has 7 heteroatoms. The molecule has 2 unspecified atom stereocenters. The average Bonchev–Trinajstić information content (AvgIpc) is 3.41. The van der Waals surface area contributed by atoms with E-state index in [0.29, 0.717) is 17.9 Å². The van der Waals surface area contributed by atoms with E-state index in [1.54, 1.807) is 24.3 Å². The fourth-order valence-corrected chi connectivity index (χ4v) is 3.86. The Balaban J connectivity index is 1.22. The van der Waals surface area contributed by atoms with Crippen LogP contribution in [-0.4, -0.2) is 37.7 Å². The number of hydrogen-bond donors (Lipinski definition) is 3. The molecule has 182 valence electrons. The van der Waals surface area contributed by atoms with E-state index in [4.69, 9.17) is 9.47 Å². The van der Waals surface area contributed by atoms with Crippen molar-refractivity contribution in [2.75, 3.05) is 30.4 Å². The Morgan fingerprint density at radius 1 is 1.00 bits per heavy atom. The zero-order valence-electron chi connectivity index (χ0n) is 19.8. The number of benzene rings is 3. The van der Waals surface area contributed by atoms with E-state index in [9.17, 15) is 9.59 Å². The summed E-state index contributed by atoms with van der Waals surface area (Å²) >= 11 is 0. The maximum atomic E-state index is 12.5. The molecule has 0 aromatic heterocycles. The Hall–Kier alpha value is -3.84. The molecule has 4 rings (SSSR count). The van der Waals surface area contributed by atoms with Crippen molar-refractivity contribution >= 4 is 23.2 Å². The standard InChI is InChI=1S/C28H31N3O4/c1-20(21-7-3-2-4-8-21)30-28(33)22-12-14-23(15-13-22)31-27(32)18-29-24-9-5-10-25(17-24)35-19-26-11-6-16-34-26/h2-5,7-10,12-15,17,20,26,29H,6,11,16,18-19H2,1H3,(H,30,33)(H,31,32). The summed E-state index contributed by atoms with van der Waals surface area (Å²) in [5, 5.41) is 8.94. The summed E-state index contributed by atoms with van der Waals surface area (Å²) in [7, 11) is 0. The van der Waals surface area contributed by atoms with Gasteiger partial charge in [-0.05, 0) is 61.7 Å². The van der Waals surface area contributed by atoms with Crippen LogP contribution in [0.3, 0.4) is 0 Å². The molecule has 1 saturated heterocycles. The minimum absolute atomic E-state index is 0.103. The summed E-state index contributed by atoms with van der Waals surface area (Å²) in [4.78, 5) is 24.9. The summed E-state index contributed by atoms with van der Waals surface area (Å²) in [5.74, 6) is 0.384. The number of ether oxygens (including phenoxy) is 2. The van der Waals surface area contributed by atoms with Crippen molar-refractivity contribution in [2.45, 2.75) is 31.9 Å². The molecule has 3 N–H and O–H groups in total. The second-order valence-corrected chi connectivity index (χ2v) is 8.56. The van der Waals surface area contributed by atoms with Crippen molar-refractivity contribution in [2.24, 2.45) is 0 Å². The third kappa shape index (κ3) is 7.32. The Morgan fingerprint density at radius 2 is 1.80 bits per heavy atom. The van der Waals surface area contributed by atoms with Gasteiger partial charge < -0.3 is 25.4 Å². The lowest BCUT2D eigenvalue weighted by Gasteiger charge is -2.14. The minimum Gasteiger partial charge on any atom is -0.491 e. The predicted molar refractivity (Wildman–Crippen MR) is 137 cm³/mol. The topological polar surface area (TPSA) is 88.7 Å². The van der Waals surface area contributed by atoms with Crippen LogP contribution in [0, 0.1) is 0 Å². The van der Waals surface area contributed by atoms with Gasteiger partial charge in [-0.3, -0.25) is 9.59 Å². The van der Waals surface area contributed by atoms with E-state index >= 15 is 0 Å². The van der Waals surface area contributed by atoms with E-state index in [1.165, 1.54) is 0 Å². The Kier molecular flexibility index (Phi) is 8.35. The first-order valence-corrected chi connectivity index (χ1v) is 11.9. The summed E-state index contributed by atoms with van der Waals surface area (Å²) < 4.78 is 11.4. The highest BCUT2D eigenvalue weighted by molar-refractivity contribution is 5.96. The largest absolute Gasteiger partial charge is 0.491 e. The van der Waals surface area contributed by atoms with Crippen molar-refractivity contribution in [3.63, 3.8) is 0 Å². The molecular formula is C28H31N3O4. The van der Waals surface area contributed by atoms with E-state index in [1.807, 2.05) is 61.5 Å². The maximum absolute atomic E-state index is 12.5. The first-order chi connectivity index (χ1) is 17.1. The number of carbonyl (C=O) groups excluding carboxylic acids is 2. The highest BCUT2D eigenvalue weighted by atomic mass is 16.5. The zero-order valence-corrected chi connectivity index (χ0v) is 19.8. The number of hydrogen-bond acceptors (Lipinski definition) is 5. The number of anilines is 2. The van der Waals surface area contributed by atoms with Crippen LogP contribution in [0.15, 0.2) is 78.9 Å². The van der Waals surface area contributed by atoms with Crippen molar-refractivity contribution in [1.82, 2.24) is 5.32 Å². The van der Waals surface area contributed by atoms with E-state index in [0.717, 1.165) is 36.4 Å². The quantitative estimate of drug-likeness (QED) is 0.394. The van der Waals surface area contributed by atoms with Gasteiger partial charge in [0.25, 0.3) is 5.91 Å². The molecule has 1 aliphatic heterocycles. The lowest BCUT2D eigenvalue weighted by atomic mass is 10.1. The summed E-state index contributed by atoms with van der Waals surface area (Å²) in [6, 6.07) is 24.1. The lowest BCUT2D eigenvalue weighted by molar-refractivity contribution is -0.114. The second-order valence-electron chi connectivity index (χ2n) is 8.56. The van der Waals surface area contributed by atoms with Crippen molar-refractivity contribution in [3.05, 3.63) is 90.0 Å². The molecule has 2 atom stereocenters. The molecule has 0 saturated carbocycles. The van der Waals surface area contributed by atoms with Crippen molar-refractivity contribution < 1.29 is 19.1 Å². The SMILES string of the molecule is CC(NC(=O)c1ccc(NC(=O)CNc2cccc(OCC3CCCO3)c2)cc1)c1ccccc1. The second kappa shape index (κ2) is 12.0. The number of rotatable bonds is 10. The number of amides is 2. The van der Waals surface area contributed by atoms with Crippen LogP contribution in [-0.2, 0) is 9.53 Å². The summed E-state index contributed by atoms with van der Waals surface area (Å²) in [6.45, 7) is 3.38. The third-order valence-corrected chi connectivity index (χ3v) is 5.83. The molecule has 3 aromatic rings. The van der Waals surface area contributed by atoms with Crippen LogP contribution in [0.2, 0.25) is 0 Å². The van der Waals surface area contributed by atoms with E-state index in [2.05, 4.69) is 16.0 Å².